The maximum atomic E-state index is 12.2. The van der Waals surface area contributed by atoms with Crippen LogP contribution in [0.4, 0.5) is 0 Å². The first-order valence-electron chi connectivity index (χ1n) is 12.3. The van der Waals surface area contributed by atoms with Gasteiger partial charge in [-0.15, -0.1) is 0 Å². The van der Waals surface area contributed by atoms with Crippen LogP contribution in [0.15, 0.2) is 0 Å². The third-order valence-electron chi connectivity index (χ3n) is 6.57. The average Bonchev–Trinajstić information content (AvgIpc) is 2.70. The Labute approximate surface area is 180 Å². The minimum absolute atomic E-state index is 0.0323. The first kappa shape index (κ1) is 28.1. The molecule has 0 rings (SSSR count). The summed E-state index contributed by atoms with van der Waals surface area (Å²) in [6, 6.07) is 0.0323. The Kier molecular flexibility index (Phi) is 16.3. The number of carbonyl (C=O) groups excluding carboxylic acids is 1. The summed E-state index contributed by atoms with van der Waals surface area (Å²) in [5, 5.41) is 9.24. The summed E-state index contributed by atoms with van der Waals surface area (Å²) in [5.74, 6) is -0.346. The molecule has 0 aromatic heterocycles. The van der Waals surface area contributed by atoms with Crippen molar-refractivity contribution in [1.29, 1.82) is 0 Å². The number of nitrogens with zero attached hydrogens (tertiary/aromatic N) is 1. The van der Waals surface area contributed by atoms with Gasteiger partial charge < -0.3 is 5.11 Å². The van der Waals surface area contributed by atoms with Crippen LogP contribution in [0.2, 0.25) is 0 Å². The van der Waals surface area contributed by atoms with Crippen molar-refractivity contribution in [2.24, 2.45) is 17.8 Å². The third-order valence-corrected chi connectivity index (χ3v) is 6.57. The number of rotatable bonds is 19. The summed E-state index contributed by atoms with van der Waals surface area (Å²) in [7, 11) is 0. The number of unbranched alkanes of at least 4 members (excludes halogenated alkanes) is 2. The van der Waals surface area contributed by atoms with E-state index in [4.69, 9.17) is 0 Å². The summed E-state index contributed by atoms with van der Waals surface area (Å²) in [6.07, 6.45) is 11.9. The summed E-state index contributed by atoms with van der Waals surface area (Å²) in [4.78, 5) is 26.0. The van der Waals surface area contributed by atoms with Crippen LogP contribution >= 0.6 is 0 Å². The molecule has 0 radical (unpaired) electrons. The molecular formula is C25H49NO3. The Morgan fingerprint density at radius 1 is 0.793 bits per heavy atom. The summed E-state index contributed by atoms with van der Waals surface area (Å²) >= 11 is 0. The van der Waals surface area contributed by atoms with Crippen LogP contribution in [0.1, 0.15) is 112 Å². The molecule has 0 bridgehead atoms. The fraction of sp³-hybridized carbons (Fsp3) is 0.920. The Bertz CT molecular complexity index is 420. The van der Waals surface area contributed by atoms with Gasteiger partial charge in [0.05, 0.1) is 0 Å². The van der Waals surface area contributed by atoms with Gasteiger partial charge in [0.1, 0.15) is 0 Å². The smallest absolute Gasteiger partial charge is 0.372 e. The summed E-state index contributed by atoms with van der Waals surface area (Å²) in [5.41, 5.74) is 0. The Morgan fingerprint density at radius 3 is 1.62 bits per heavy atom. The zero-order valence-corrected chi connectivity index (χ0v) is 20.2. The molecule has 1 N–H and O–H groups in total. The first-order valence-corrected chi connectivity index (χ1v) is 12.3. The zero-order chi connectivity index (χ0) is 22.2. The van der Waals surface area contributed by atoms with E-state index < -0.39 is 11.8 Å². The molecule has 4 atom stereocenters. The van der Waals surface area contributed by atoms with Gasteiger partial charge in [-0.2, -0.15) is 0 Å². The van der Waals surface area contributed by atoms with Gasteiger partial charge in [0, 0.05) is 25.6 Å². The fourth-order valence-corrected chi connectivity index (χ4v) is 4.46. The molecule has 4 heteroatoms. The van der Waals surface area contributed by atoms with Crippen molar-refractivity contribution in [1.82, 2.24) is 4.90 Å². The van der Waals surface area contributed by atoms with E-state index in [0.29, 0.717) is 17.8 Å². The standard InChI is InChI=1S/C25H49NO3/c1-7-12-15-21(10-4)18-26(19-22(11-5)16-13-8-2)23(20(6)14-9-3)17-24(27)25(28)29/h20-23H,7-19H2,1-6H3,(H,28,29). The molecule has 0 aliphatic rings. The lowest BCUT2D eigenvalue weighted by atomic mass is 9.88. The van der Waals surface area contributed by atoms with Crippen molar-refractivity contribution in [3.8, 4) is 0 Å². The van der Waals surface area contributed by atoms with E-state index in [1.165, 1.54) is 38.5 Å². The van der Waals surface area contributed by atoms with Crippen LogP contribution in [-0.2, 0) is 9.59 Å². The van der Waals surface area contributed by atoms with Gasteiger partial charge in [-0.1, -0.05) is 86.5 Å². The quantitative estimate of drug-likeness (QED) is 0.244. The topological polar surface area (TPSA) is 57.6 Å². The van der Waals surface area contributed by atoms with Crippen LogP contribution in [0.25, 0.3) is 0 Å². The molecule has 0 heterocycles. The Hall–Kier alpha value is -0.900. The highest BCUT2D eigenvalue weighted by atomic mass is 16.4. The molecule has 0 aliphatic heterocycles. The van der Waals surface area contributed by atoms with Crippen molar-refractivity contribution in [2.45, 2.75) is 118 Å². The second kappa shape index (κ2) is 16.8. The van der Waals surface area contributed by atoms with Gasteiger partial charge in [0.2, 0.25) is 5.78 Å². The minimum atomic E-state index is -1.28. The molecule has 0 saturated heterocycles. The lowest BCUT2D eigenvalue weighted by molar-refractivity contribution is -0.150. The molecule has 0 amide bonds. The van der Waals surface area contributed by atoms with Gasteiger partial charge in [-0.05, 0) is 37.0 Å². The zero-order valence-electron chi connectivity index (χ0n) is 20.2. The van der Waals surface area contributed by atoms with Crippen LogP contribution < -0.4 is 0 Å². The second-order valence-electron chi connectivity index (χ2n) is 9.05. The lowest BCUT2D eigenvalue weighted by Crippen LogP contribution is -2.46. The number of carboxylic acids is 1. The highest BCUT2D eigenvalue weighted by molar-refractivity contribution is 6.32. The van der Waals surface area contributed by atoms with E-state index in [0.717, 1.165) is 38.8 Å². The number of hydrogen-bond donors (Lipinski definition) is 1. The Morgan fingerprint density at radius 2 is 1.28 bits per heavy atom. The van der Waals surface area contributed by atoms with E-state index in [9.17, 15) is 14.7 Å². The predicted molar refractivity (Wildman–Crippen MR) is 123 cm³/mol. The fourth-order valence-electron chi connectivity index (χ4n) is 4.46. The molecule has 172 valence electrons. The van der Waals surface area contributed by atoms with Gasteiger partial charge in [0.15, 0.2) is 0 Å². The van der Waals surface area contributed by atoms with E-state index in [-0.39, 0.29) is 12.5 Å². The molecule has 0 aromatic rings. The molecule has 0 fully saturated rings. The van der Waals surface area contributed by atoms with E-state index in [1.54, 1.807) is 0 Å². The van der Waals surface area contributed by atoms with E-state index >= 15 is 0 Å². The number of Topliss-reactive ketones (excluding diaryl/α,β-unsaturated/α-hetero) is 1. The number of carboxylic acid groups (broad SMARTS) is 1. The average molecular weight is 412 g/mol. The number of ketones is 1. The van der Waals surface area contributed by atoms with Crippen molar-refractivity contribution < 1.29 is 14.7 Å². The van der Waals surface area contributed by atoms with Gasteiger partial charge in [-0.3, -0.25) is 9.69 Å². The van der Waals surface area contributed by atoms with Crippen molar-refractivity contribution in [3.63, 3.8) is 0 Å². The van der Waals surface area contributed by atoms with Crippen LogP contribution in [0.3, 0.4) is 0 Å². The minimum Gasteiger partial charge on any atom is -0.476 e. The normalized spacial score (nSPS) is 15.8. The molecule has 29 heavy (non-hydrogen) atoms. The van der Waals surface area contributed by atoms with Crippen LogP contribution in [-0.4, -0.2) is 40.9 Å². The monoisotopic (exact) mass is 411 g/mol. The van der Waals surface area contributed by atoms with Crippen molar-refractivity contribution in [3.05, 3.63) is 0 Å². The first-order chi connectivity index (χ1) is 13.8. The van der Waals surface area contributed by atoms with E-state index in [1.807, 2.05) is 0 Å². The predicted octanol–water partition coefficient (Wildman–Crippen LogP) is 6.57. The maximum absolute atomic E-state index is 12.2. The van der Waals surface area contributed by atoms with Gasteiger partial charge in [0.25, 0.3) is 0 Å². The van der Waals surface area contributed by atoms with Crippen molar-refractivity contribution >= 4 is 11.8 Å². The van der Waals surface area contributed by atoms with Crippen molar-refractivity contribution in [2.75, 3.05) is 13.1 Å². The molecule has 4 nitrogen and oxygen atoms in total. The maximum Gasteiger partial charge on any atom is 0.372 e. The lowest BCUT2D eigenvalue weighted by Gasteiger charge is -2.39. The SMILES string of the molecule is CCCCC(CC)CN(CC(CC)CCCC)C(CC(=O)C(=O)O)C(C)CCC. The number of aliphatic carboxylic acids is 1. The molecule has 0 aliphatic carbocycles. The molecule has 4 unspecified atom stereocenters. The number of hydrogen-bond acceptors (Lipinski definition) is 3. The third kappa shape index (κ3) is 11.8. The molecule has 0 saturated carbocycles. The van der Waals surface area contributed by atoms with E-state index in [2.05, 4.69) is 46.4 Å². The second-order valence-corrected chi connectivity index (χ2v) is 9.05. The van der Waals surface area contributed by atoms with Crippen LogP contribution in [0.5, 0.6) is 0 Å². The highest BCUT2D eigenvalue weighted by Crippen LogP contribution is 2.26. The van der Waals surface area contributed by atoms with Gasteiger partial charge in [-0.25, -0.2) is 4.79 Å². The summed E-state index contributed by atoms with van der Waals surface area (Å²) in [6.45, 7) is 15.4. The Balaban J connectivity index is 5.64. The molecular weight excluding hydrogens is 362 g/mol. The summed E-state index contributed by atoms with van der Waals surface area (Å²) < 4.78 is 0. The van der Waals surface area contributed by atoms with Gasteiger partial charge >= 0.3 is 5.97 Å². The van der Waals surface area contributed by atoms with Crippen LogP contribution in [0, 0.1) is 17.8 Å². The molecule has 0 spiro atoms. The largest absolute Gasteiger partial charge is 0.476 e. The highest BCUT2D eigenvalue weighted by Gasteiger charge is 2.31. The number of carbonyl (C=O) groups is 2. The molecule has 0 aromatic carbocycles.